The highest BCUT2D eigenvalue weighted by Crippen LogP contribution is 2.22. The summed E-state index contributed by atoms with van der Waals surface area (Å²) in [7, 11) is 0. The van der Waals surface area contributed by atoms with E-state index in [9.17, 15) is 0 Å². The van der Waals surface area contributed by atoms with Gasteiger partial charge in [0.25, 0.3) is 0 Å². The lowest BCUT2D eigenvalue weighted by atomic mass is 10.1. The first-order chi connectivity index (χ1) is 10.2. The molecule has 1 aromatic carbocycles. The highest BCUT2D eigenvalue weighted by Gasteiger charge is 2.10. The summed E-state index contributed by atoms with van der Waals surface area (Å²) in [6.45, 7) is 7.63. The minimum Gasteiger partial charge on any atom is -0.463 e. The molecule has 0 aliphatic heterocycles. The van der Waals surface area contributed by atoms with Crippen molar-refractivity contribution < 1.29 is 4.74 Å². The topological polar surface area (TPSA) is 59.9 Å². The Morgan fingerprint density at radius 3 is 2.57 bits per heavy atom. The summed E-state index contributed by atoms with van der Waals surface area (Å²) in [5, 5.41) is 3.20. The molecule has 112 valence electrons. The third-order valence-electron chi connectivity index (χ3n) is 2.97. The Kier molecular flexibility index (Phi) is 5.49. The fourth-order valence-electron chi connectivity index (χ4n) is 1.87. The second-order valence-corrected chi connectivity index (χ2v) is 4.86. The smallest absolute Gasteiger partial charge is 0.321 e. The van der Waals surface area contributed by atoms with Gasteiger partial charge in [0, 0.05) is 12.1 Å². The van der Waals surface area contributed by atoms with Gasteiger partial charge in [-0.3, -0.25) is 0 Å². The number of anilines is 1. The summed E-state index contributed by atoms with van der Waals surface area (Å²) in [6.07, 6.45) is 1.93. The van der Waals surface area contributed by atoms with E-state index in [1.807, 2.05) is 31.2 Å². The van der Waals surface area contributed by atoms with E-state index in [4.69, 9.17) is 4.74 Å². The number of nitrogens with zero attached hydrogens (tertiary/aromatic N) is 3. The van der Waals surface area contributed by atoms with Crippen molar-refractivity contribution >= 4 is 5.95 Å². The molecule has 1 N–H and O–H groups in total. The minimum atomic E-state index is 0.378. The number of benzene rings is 1. The van der Waals surface area contributed by atoms with Crippen molar-refractivity contribution in [2.24, 2.45) is 0 Å². The van der Waals surface area contributed by atoms with Crippen LogP contribution in [0.1, 0.15) is 32.3 Å². The lowest BCUT2D eigenvalue weighted by molar-refractivity contribution is 0.292. The Morgan fingerprint density at radius 2 is 1.86 bits per heavy atom. The molecule has 5 nitrogen and oxygen atoms in total. The number of aryl methyl sites for hydroxylation is 1. The van der Waals surface area contributed by atoms with Gasteiger partial charge in [0.05, 0.1) is 6.61 Å². The molecule has 2 aromatic rings. The standard InChI is InChI=1S/C16H22N4O/c1-4-10-17-15-18-14(13-9-7-6-8-12(13)3)19-16(20-15)21-11-5-2/h6-9H,4-5,10-11H2,1-3H3,(H,17,18,19,20). The third kappa shape index (κ3) is 4.15. The van der Waals surface area contributed by atoms with Crippen LogP contribution in [0.25, 0.3) is 11.4 Å². The van der Waals surface area contributed by atoms with E-state index in [1.54, 1.807) is 0 Å². The third-order valence-corrected chi connectivity index (χ3v) is 2.97. The highest BCUT2D eigenvalue weighted by atomic mass is 16.5. The normalized spacial score (nSPS) is 10.4. The second-order valence-electron chi connectivity index (χ2n) is 4.86. The van der Waals surface area contributed by atoms with Crippen LogP contribution in [0.2, 0.25) is 0 Å². The van der Waals surface area contributed by atoms with Crippen LogP contribution in [-0.2, 0) is 0 Å². The van der Waals surface area contributed by atoms with Gasteiger partial charge in [-0.25, -0.2) is 0 Å². The van der Waals surface area contributed by atoms with Gasteiger partial charge in [-0.2, -0.15) is 15.0 Å². The molecule has 0 bridgehead atoms. The van der Waals surface area contributed by atoms with E-state index < -0.39 is 0 Å². The van der Waals surface area contributed by atoms with Crippen molar-refractivity contribution in [3.05, 3.63) is 29.8 Å². The molecule has 0 radical (unpaired) electrons. The Morgan fingerprint density at radius 1 is 1.05 bits per heavy atom. The van der Waals surface area contributed by atoms with Crippen molar-refractivity contribution in [2.45, 2.75) is 33.6 Å². The Labute approximate surface area is 125 Å². The molecule has 0 unspecified atom stereocenters. The molecular weight excluding hydrogens is 264 g/mol. The van der Waals surface area contributed by atoms with Gasteiger partial charge in [0.2, 0.25) is 5.95 Å². The van der Waals surface area contributed by atoms with Crippen molar-refractivity contribution in [2.75, 3.05) is 18.5 Å². The number of aromatic nitrogens is 3. The van der Waals surface area contributed by atoms with Gasteiger partial charge in [0.15, 0.2) is 5.82 Å². The second kappa shape index (κ2) is 7.57. The van der Waals surface area contributed by atoms with Crippen molar-refractivity contribution in [3.63, 3.8) is 0 Å². The van der Waals surface area contributed by atoms with Gasteiger partial charge in [-0.05, 0) is 25.3 Å². The molecule has 0 saturated carbocycles. The van der Waals surface area contributed by atoms with Crippen LogP contribution < -0.4 is 10.1 Å². The molecular formula is C16H22N4O. The summed E-state index contributed by atoms with van der Waals surface area (Å²) in [4.78, 5) is 13.2. The Hall–Kier alpha value is -2.17. The zero-order valence-corrected chi connectivity index (χ0v) is 12.9. The number of nitrogens with one attached hydrogen (secondary N) is 1. The quantitative estimate of drug-likeness (QED) is 0.844. The van der Waals surface area contributed by atoms with Crippen LogP contribution in [-0.4, -0.2) is 28.1 Å². The first-order valence-electron chi connectivity index (χ1n) is 7.43. The van der Waals surface area contributed by atoms with Crippen LogP contribution >= 0.6 is 0 Å². The molecule has 1 heterocycles. The average molecular weight is 286 g/mol. The predicted molar refractivity (Wildman–Crippen MR) is 84.6 cm³/mol. The first kappa shape index (κ1) is 15.2. The molecule has 0 aliphatic carbocycles. The van der Waals surface area contributed by atoms with E-state index in [0.29, 0.717) is 24.4 Å². The van der Waals surface area contributed by atoms with Crippen LogP contribution in [0, 0.1) is 6.92 Å². The van der Waals surface area contributed by atoms with Crippen LogP contribution in [0.5, 0.6) is 6.01 Å². The molecule has 0 fully saturated rings. The van der Waals surface area contributed by atoms with E-state index in [2.05, 4.69) is 34.1 Å². The summed E-state index contributed by atoms with van der Waals surface area (Å²) in [6, 6.07) is 8.43. The van der Waals surface area contributed by atoms with Crippen molar-refractivity contribution in [1.29, 1.82) is 0 Å². The number of ether oxygens (including phenoxy) is 1. The molecule has 21 heavy (non-hydrogen) atoms. The van der Waals surface area contributed by atoms with Crippen molar-refractivity contribution in [3.8, 4) is 17.4 Å². The average Bonchev–Trinajstić information content (AvgIpc) is 2.51. The van der Waals surface area contributed by atoms with Crippen LogP contribution in [0.4, 0.5) is 5.95 Å². The molecule has 2 rings (SSSR count). The van der Waals surface area contributed by atoms with Crippen LogP contribution in [0.15, 0.2) is 24.3 Å². The van der Waals surface area contributed by atoms with E-state index in [1.165, 1.54) is 0 Å². The fourth-order valence-corrected chi connectivity index (χ4v) is 1.87. The molecule has 0 spiro atoms. The van der Waals surface area contributed by atoms with E-state index in [-0.39, 0.29) is 0 Å². The maximum Gasteiger partial charge on any atom is 0.321 e. The molecule has 5 heteroatoms. The summed E-state index contributed by atoms with van der Waals surface area (Å²) in [5.41, 5.74) is 2.13. The monoisotopic (exact) mass is 286 g/mol. The van der Waals surface area contributed by atoms with E-state index >= 15 is 0 Å². The lowest BCUT2D eigenvalue weighted by Gasteiger charge is -2.10. The summed E-state index contributed by atoms with van der Waals surface area (Å²) in [5.74, 6) is 1.21. The maximum absolute atomic E-state index is 5.58. The Bertz CT molecular complexity index is 560. The molecule has 1 aromatic heterocycles. The number of hydrogen-bond acceptors (Lipinski definition) is 5. The Balaban J connectivity index is 2.36. The number of rotatable bonds is 7. The summed E-state index contributed by atoms with van der Waals surface area (Å²) < 4.78 is 5.58. The van der Waals surface area contributed by atoms with Crippen LogP contribution in [0.3, 0.4) is 0 Å². The molecule has 0 saturated heterocycles. The van der Waals surface area contributed by atoms with Gasteiger partial charge in [0.1, 0.15) is 0 Å². The van der Waals surface area contributed by atoms with Gasteiger partial charge >= 0.3 is 6.01 Å². The van der Waals surface area contributed by atoms with E-state index in [0.717, 1.165) is 30.5 Å². The van der Waals surface area contributed by atoms with Gasteiger partial charge < -0.3 is 10.1 Å². The van der Waals surface area contributed by atoms with Gasteiger partial charge in [-0.1, -0.05) is 38.1 Å². The molecule has 0 atom stereocenters. The zero-order chi connectivity index (χ0) is 15.1. The highest BCUT2D eigenvalue weighted by molar-refractivity contribution is 5.60. The minimum absolute atomic E-state index is 0.378. The molecule has 0 aliphatic rings. The summed E-state index contributed by atoms with van der Waals surface area (Å²) >= 11 is 0. The predicted octanol–water partition coefficient (Wildman–Crippen LogP) is 3.46. The largest absolute Gasteiger partial charge is 0.463 e. The fraction of sp³-hybridized carbons (Fsp3) is 0.438. The first-order valence-corrected chi connectivity index (χ1v) is 7.43. The SMILES string of the molecule is CCCNc1nc(OCCC)nc(-c2ccccc2C)n1. The maximum atomic E-state index is 5.58. The zero-order valence-electron chi connectivity index (χ0n) is 12.9. The number of hydrogen-bond donors (Lipinski definition) is 1. The van der Waals surface area contributed by atoms with Crippen molar-refractivity contribution in [1.82, 2.24) is 15.0 Å². The van der Waals surface area contributed by atoms with Gasteiger partial charge in [-0.15, -0.1) is 0 Å². The molecule has 0 amide bonds. The lowest BCUT2D eigenvalue weighted by Crippen LogP contribution is -2.09.